The van der Waals surface area contributed by atoms with Crippen LogP contribution in [0, 0.1) is 42.3 Å². The topological polar surface area (TPSA) is 88.5 Å². The lowest BCUT2D eigenvalue weighted by Crippen LogP contribution is -2.43. The summed E-state index contributed by atoms with van der Waals surface area (Å²) >= 11 is 8.76. The Bertz CT molecular complexity index is 1940. The van der Waals surface area contributed by atoms with Crippen LogP contribution in [0.2, 0.25) is 5.02 Å². The van der Waals surface area contributed by atoms with E-state index in [1.54, 1.807) is 54.2 Å². The van der Waals surface area contributed by atoms with Gasteiger partial charge in [-0.15, -0.1) is 11.8 Å². The minimum atomic E-state index is -0.455. The molecule has 11 heteroatoms. The lowest BCUT2D eigenvalue weighted by Gasteiger charge is -2.43. The maximum Gasteiger partial charge on any atom is 0.308 e. The monoisotopic (exact) mass is 659 g/mol. The van der Waals surface area contributed by atoms with Gasteiger partial charge in [-0.25, -0.2) is 4.39 Å². The zero-order chi connectivity index (χ0) is 31.1. The van der Waals surface area contributed by atoms with Gasteiger partial charge >= 0.3 is 4.87 Å². The number of aryl methyl sites for hydroxylation is 1. The lowest BCUT2D eigenvalue weighted by atomic mass is 9.68. The zero-order valence-corrected chi connectivity index (χ0v) is 26.4. The first-order valence-electron chi connectivity index (χ1n) is 14.8. The van der Waals surface area contributed by atoms with Gasteiger partial charge in [0.05, 0.1) is 22.5 Å². The summed E-state index contributed by atoms with van der Waals surface area (Å²) in [6.07, 6.45) is 0.730. The highest BCUT2D eigenvalue weighted by Crippen LogP contribution is 2.69. The zero-order valence-electron chi connectivity index (χ0n) is 24.0. The largest absolute Gasteiger partial charge is 0.325 e. The van der Waals surface area contributed by atoms with Crippen molar-refractivity contribution in [2.45, 2.75) is 36.1 Å². The Hall–Kier alpha value is -3.73. The molecule has 228 valence electrons. The van der Waals surface area contributed by atoms with Gasteiger partial charge in [0.25, 0.3) is 0 Å². The number of carbonyl (C=O) groups excluding carboxylic acids is 3. The molecule has 4 aromatic rings. The van der Waals surface area contributed by atoms with E-state index in [0.29, 0.717) is 16.4 Å². The minimum Gasteiger partial charge on any atom is -0.325 e. The Kier molecular flexibility index (Phi) is 6.81. The summed E-state index contributed by atoms with van der Waals surface area (Å²) in [5.41, 5.74) is 3.04. The van der Waals surface area contributed by atoms with Crippen LogP contribution < -0.4 is 15.1 Å². The number of carbonyl (C=O) groups is 3. The van der Waals surface area contributed by atoms with Gasteiger partial charge in [0.2, 0.25) is 17.7 Å². The van der Waals surface area contributed by atoms with Gasteiger partial charge in [0.15, 0.2) is 0 Å². The first-order valence-corrected chi connectivity index (χ1v) is 16.9. The van der Waals surface area contributed by atoms with Crippen molar-refractivity contribution >= 4 is 63.8 Å². The third-order valence-electron chi connectivity index (χ3n) is 9.87. The average molecular weight is 660 g/mol. The van der Waals surface area contributed by atoms with Crippen molar-refractivity contribution in [2.24, 2.45) is 29.6 Å². The van der Waals surface area contributed by atoms with Crippen molar-refractivity contribution in [3.8, 4) is 0 Å². The van der Waals surface area contributed by atoms with Crippen LogP contribution in [-0.4, -0.2) is 27.5 Å². The normalized spacial score (nSPS) is 27.8. The van der Waals surface area contributed by atoms with E-state index >= 15 is 0 Å². The Morgan fingerprint density at radius 1 is 0.978 bits per heavy atom. The number of rotatable bonds is 5. The molecule has 1 saturated heterocycles. The van der Waals surface area contributed by atoms with Gasteiger partial charge in [0.1, 0.15) is 12.4 Å². The summed E-state index contributed by atoms with van der Waals surface area (Å²) in [6, 6.07) is 20.6. The number of thioether (sulfide) groups is 1. The second-order valence-electron chi connectivity index (χ2n) is 12.3. The van der Waals surface area contributed by atoms with Gasteiger partial charge in [-0.1, -0.05) is 47.2 Å². The summed E-state index contributed by atoms with van der Waals surface area (Å²) in [5, 5.41) is 4.09. The molecule has 3 heterocycles. The van der Waals surface area contributed by atoms with Crippen molar-refractivity contribution in [3.05, 3.63) is 109 Å². The lowest BCUT2D eigenvalue weighted by molar-refractivity contribution is -0.123. The molecule has 0 spiro atoms. The van der Waals surface area contributed by atoms with Crippen LogP contribution in [-0.2, 0) is 20.9 Å². The molecule has 4 aliphatic rings. The highest BCUT2D eigenvalue weighted by Gasteiger charge is 2.69. The summed E-state index contributed by atoms with van der Waals surface area (Å²) in [7, 11) is 0. The molecule has 2 saturated carbocycles. The SMILES string of the molecule is Cc1cccc(NC(=O)Cn2c3c(sc2=O)C(c2ccc(F)cc2)C2C4CC(C2S3)C2C(=O)N(c3ccc(Cl)cc3)C(=O)C42)c1. The van der Waals surface area contributed by atoms with E-state index in [9.17, 15) is 23.6 Å². The minimum absolute atomic E-state index is 0.0336. The Balaban J connectivity index is 1.18. The molecular weight excluding hydrogens is 633 g/mol. The molecule has 7 nitrogen and oxygen atoms in total. The first-order chi connectivity index (χ1) is 21.7. The fourth-order valence-electron chi connectivity index (χ4n) is 8.21. The van der Waals surface area contributed by atoms with E-state index in [1.165, 1.54) is 21.6 Å². The third-order valence-corrected chi connectivity index (χ3v) is 12.9. The number of hydrogen-bond donors (Lipinski definition) is 1. The molecule has 2 aliphatic carbocycles. The quantitative estimate of drug-likeness (QED) is 0.253. The molecule has 3 aromatic carbocycles. The van der Waals surface area contributed by atoms with Crippen molar-refractivity contribution in [3.63, 3.8) is 0 Å². The van der Waals surface area contributed by atoms with Crippen LogP contribution in [0.25, 0.3) is 0 Å². The number of anilines is 2. The van der Waals surface area contributed by atoms with E-state index in [2.05, 4.69) is 5.32 Å². The fraction of sp³-hybridized carbons (Fsp3) is 0.294. The van der Waals surface area contributed by atoms with E-state index in [4.69, 9.17) is 11.6 Å². The van der Waals surface area contributed by atoms with E-state index < -0.39 is 11.8 Å². The predicted molar refractivity (Wildman–Crippen MR) is 172 cm³/mol. The Morgan fingerprint density at radius 2 is 1.69 bits per heavy atom. The van der Waals surface area contributed by atoms with E-state index in [0.717, 1.165) is 38.8 Å². The highest BCUT2D eigenvalue weighted by atomic mass is 35.5. The maximum atomic E-state index is 14.1. The number of halogens is 2. The number of nitrogens with zero attached hydrogens (tertiary/aromatic N) is 2. The average Bonchev–Trinajstić information content (AvgIpc) is 3.73. The van der Waals surface area contributed by atoms with Gasteiger partial charge in [-0.05, 0) is 90.8 Å². The number of benzene rings is 3. The summed E-state index contributed by atoms with van der Waals surface area (Å²) in [5.74, 6) is -2.42. The molecule has 0 radical (unpaired) electrons. The first kappa shape index (κ1) is 28.7. The van der Waals surface area contributed by atoms with Crippen molar-refractivity contribution < 1.29 is 18.8 Å². The number of hydrogen-bond acceptors (Lipinski definition) is 6. The number of amides is 3. The second kappa shape index (κ2) is 10.7. The molecule has 2 aliphatic heterocycles. The van der Waals surface area contributed by atoms with Gasteiger partial charge in [-0.2, -0.15) is 0 Å². The van der Waals surface area contributed by atoms with Crippen LogP contribution >= 0.6 is 34.7 Å². The summed E-state index contributed by atoms with van der Waals surface area (Å²) in [6.45, 7) is 1.79. The number of thiazole rings is 1. The maximum absolute atomic E-state index is 14.1. The molecular formula is C34H27ClFN3O4S2. The number of fused-ring (bicyclic) bond motifs is 9. The van der Waals surface area contributed by atoms with Crippen LogP contribution in [0.4, 0.5) is 15.8 Å². The van der Waals surface area contributed by atoms with Crippen molar-refractivity contribution in [1.82, 2.24) is 4.57 Å². The third kappa shape index (κ3) is 4.52. The van der Waals surface area contributed by atoms with E-state index in [1.807, 2.05) is 25.1 Å². The van der Waals surface area contributed by atoms with Crippen LogP contribution in [0.5, 0.6) is 0 Å². The fourth-order valence-corrected chi connectivity index (χ4v) is 11.5. The summed E-state index contributed by atoms with van der Waals surface area (Å²) < 4.78 is 15.6. The van der Waals surface area contributed by atoms with Crippen molar-refractivity contribution in [2.75, 3.05) is 10.2 Å². The molecule has 2 bridgehead atoms. The standard InChI is InChI=1S/C34H27ClFN3O4S2/c1-16-3-2-4-20(13-16)37-24(40)15-38-33-30(45-34(38)43)25(17-5-9-19(36)10-6-17)26-22-14-23(29(26)44-33)28-27(22)31(41)39(32(28)42)21-11-7-18(35)8-12-21/h2-13,22-23,25-29H,14-15H2,1H3,(H,37,40). The Labute approximate surface area is 271 Å². The Morgan fingerprint density at radius 3 is 2.40 bits per heavy atom. The molecule has 3 fully saturated rings. The van der Waals surface area contributed by atoms with Gasteiger partial charge < -0.3 is 5.32 Å². The van der Waals surface area contributed by atoms with Gasteiger partial charge in [-0.3, -0.25) is 28.6 Å². The number of aromatic nitrogens is 1. The van der Waals surface area contributed by atoms with Crippen LogP contribution in [0.3, 0.4) is 0 Å². The highest BCUT2D eigenvalue weighted by molar-refractivity contribution is 8.00. The molecule has 3 amide bonds. The number of nitrogens with one attached hydrogen (secondary N) is 1. The molecule has 7 unspecified atom stereocenters. The summed E-state index contributed by atoms with van der Waals surface area (Å²) in [4.78, 5) is 56.5. The predicted octanol–water partition coefficient (Wildman–Crippen LogP) is 6.33. The molecule has 7 atom stereocenters. The van der Waals surface area contributed by atoms with E-state index in [-0.39, 0.29) is 63.9 Å². The molecule has 1 N–H and O–H groups in total. The molecule has 8 rings (SSSR count). The van der Waals surface area contributed by atoms with Crippen LogP contribution in [0.1, 0.15) is 28.3 Å². The molecule has 1 aromatic heterocycles. The molecule has 45 heavy (non-hydrogen) atoms. The van der Waals surface area contributed by atoms with Crippen molar-refractivity contribution in [1.29, 1.82) is 0 Å². The smallest absolute Gasteiger partial charge is 0.308 e. The van der Waals surface area contributed by atoms with Crippen LogP contribution in [0.15, 0.2) is 82.6 Å². The number of imide groups is 1. The second-order valence-corrected chi connectivity index (χ2v) is 14.9. The van der Waals surface area contributed by atoms with Gasteiger partial charge in [0, 0.05) is 26.8 Å².